The molecule has 0 heterocycles. The Kier molecular flexibility index (Phi) is 10.0. The van der Waals surface area contributed by atoms with Gasteiger partial charge in [-0.3, -0.25) is 4.79 Å². The Balaban J connectivity index is 2.14. The van der Waals surface area contributed by atoms with Gasteiger partial charge in [-0.1, -0.05) is 71.1 Å². The van der Waals surface area contributed by atoms with Crippen LogP contribution in [0, 0.1) is 5.92 Å². The average Bonchev–Trinajstić information content (AvgIpc) is 2.77. The van der Waals surface area contributed by atoms with E-state index in [4.69, 9.17) is 4.74 Å². The first-order chi connectivity index (χ1) is 11.4. The molecule has 0 saturated heterocycles. The molecule has 1 fully saturated rings. The molecule has 1 rings (SSSR count). The number of aliphatic hydroxyl groups is 3. The minimum atomic E-state index is -2.26. The summed E-state index contributed by atoms with van der Waals surface area (Å²) in [5.41, 5.74) is 0. The summed E-state index contributed by atoms with van der Waals surface area (Å²) in [6.45, 7) is 2.22. The van der Waals surface area contributed by atoms with Crippen LogP contribution in [0.1, 0.15) is 84.0 Å². The fraction of sp³-hybridized carbons (Fsp3) is 0.947. The molecule has 0 aliphatic heterocycles. The van der Waals surface area contributed by atoms with Crippen molar-refractivity contribution in [1.82, 2.24) is 0 Å². The van der Waals surface area contributed by atoms with E-state index in [9.17, 15) is 20.1 Å². The Morgan fingerprint density at radius 2 is 1.54 bits per heavy atom. The third-order valence-electron chi connectivity index (χ3n) is 5.19. The van der Waals surface area contributed by atoms with E-state index < -0.39 is 23.9 Å². The second-order valence-electron chi connectivity index (χ2n) is 7.19. The third kappa shape index (κ3) is 6.43. The lowest BCUT2D eigenvalue weighted by molar-refractivity contribution is -0.251. The summed E-state index contributed by atoms with van der Waals surface area (Å²) in [6.07, 6.45) is 10.4. The molecule has 0 amide bonds. The summed E-state index contributed by atoms with van der Waals surface area (Å²) >= 11 is 0. The highest BCUT2D eigenvalue weighted by Gasteiger charge is 2.56. The smallest absolute Gasteiger partial charge is 0.202 e. The fourth-order valence-electron chi connectivity index (χ4n) is 3.66. The number of unbranched alkanes of at least 4 members (excludes halogenated alkanes) is 9. The van der Waals surface area contributed by atoms with Gasteiger partial charge in [0.2, 0.25) is 5.79 Å². The van der Waals surface area contributed by atoms with Gasteiger partial charge < -0.3 is 20.1 Å². The quantitative estimate of drug-likeness (QED) is 0.353. The number of methoxy groups -OCH3 is 1. The Morgan fingerprint density at radius 3 is 2.00 bits per heavy atom. The van der Waals surface area contributed by atoms with Crippen LogP contribution in [0.3, 0.4) is 0 Å². The number of hydrogen-bond acceptors (Lipinski definition) is 5. The summed E-state index contributed by atoms with van der Waals surface area (Å²) in [5.74, 6) is -3.74. The predicted molar refractivity (Wildman–Crippen MR) is 93.5 cm³/mol. The molecule has 24 heavy (non-hydrogen) atoms. The number of aliphatic hydroxyl groups excluding tert-OH is 1. The largest absolute Gasteiger partial charge is 0.392 e. The lowest BCUT2D eigenvalue weighted by Crippen LogP contribution is -2.49. The van der Waals surface area contributed by atoms with E-state index in [1.807, 2.05) is 0 Å². The van der Waals surface area contributed by atoms with Crippen molar-refractivity contribution in [1.29, 1.82) is 0 Å². The fourth-order valence-corrected chi connectivity index (χ4v) is 3.66. The minimum absolute atomic E-state index is 0.0523. The van der Waals surface area contributed by atoms with E-state index in [1.54, 1.807) is 0 Å². The number of hydrogen-bond donors (Lipinski definition) is 3. The maximum Gasteiger partial charge on any atom is 0.202 e. The van der Waals surface area contributed by atoms with Gasteiger partial charge >= 0.3 is 0 Å². The minimum Gasteiger partial charge on any atom is -0.392 e. The third-order valence-corrected chi connectivity index (χ3v) is 5.19. The molecule has 0 bridgehead atoms. The van der Waals surface area contributed by atoms with Crippen molar-refractivity contribution in [3.8, 4) is 0 Å². The van der Waals surface area contributed by atoms with Crippen LogP contribution in [-0.2, 0) is 9.53 Å². The molecule has 1 aliphatic carbocycles. The van der Waals surface area contributed by atoms with Gasteiger partial charge in [-0.05, 0) is 6.42 Å². The van der Waals surface area contributed by atoms with Crippen molar-refractivity contribution in [2.75, 3.05) is 7.11 Å². The van der Waals surface area contributed by atoms with Gasteiger partial charge in [-0.15, -0.1) is 0 Å². The predicted octanol–water partition coefficient (Wildman–Crippen LogP) is 2.94. The van der Waals surface area contributed by atoms with Crippen molar-refractivity contribution in [2.45, 2.75) is 102 Å². The van der Waals surface area contributed by atoms with Gasteiger partial charge in [-0.25, -0.2) is 0 Å². The molecular weight excluding hydrogens is 308 g/mol. The van der Waals surface area contributed by atoms with E-state index >= 15 is 0 Å². The maximum absolute atomic E-state index is 11.9. The van der Waals surface area contributed by atoms with Crippen molar-refractivity contribution in [2.24, 2.45) is 5.92 Å². The van der Waals surface area contributed by atoms with Gasteiger partial charge in [0.25, 0.3) is 0 Å². The molecule has 0 aromatic carbocycles. The summed E-state index contributed by atoms with van der Waals surface area (Å²) < 4.78 is 4.95. The van der Waals surface area contributed by atoms with Gasteiger partial charge in [0.1, 0.15) is 11.9 Å². The summed E-state index contributed by atoms with van der Waals surface area (Å²) in [6, 6.07) is 0. The second-order valence-corrected chi connectivity index (χ2v) is 7.19. The first kappa shape index (κ1) is 21.6. The molecule has 0 aromatic rings. The summed E-state index contributed by atoms with van der Waals surface area (Å²) in [5, 5.41) is 30.3. The highest BCUT2D eigenvalue weighted by Crippen LogP contribution is 2.36. The molecule has 0 radical (unpaired) electrons. The normalized spacial score (nSPS) is 24.5. The zero-order valence-electron chi connectivity index (χ0n) is 15.4. The van der Waals surface area contributed by atoms with E-state index in [0.717, 1.165) is 19.3 Å². The van der Waals surface area contributed by atoms with Gasteiger partial charge in [-0.2, -0.15) is 0 Å². The average molecular weight is 344 g/mol. The van der Waals surface area contributed by atoms with Gasteiger partial charge in [0.15, 0.2) is 0 Å². The van der Waals surface area contributed by atoms with Crippen molar-refractivity contribution < 1.29 is 24.9 Å². The zero-order chi connectivity index (χ0) is 18.0. The first-order valence-electron chi connectivity index (χ1n) is 9.63. The lowest BCUT2D eigenvalue weighted by Gasteiger charge is -2.30. The van der Waals surface area contributed by atoms with Crippen LogP contribution in [0.25, 0.3) is 0 Å². The molecule has 142 valence electrons. The van der Waals surface area contributed by atoms with E-state index in [2.05, 4.69) is 6.92 Å². The standard InChI is InChI=1S/C19H36O5/c1-3-4-5-6-7-8-9-10-11-12-13-15(20)18-16(21)14-17(24-2)19(18,22)23/h15,17-18,20,22-23H,3-14H2,1-2H3. The number of carbonyl (C=O) groups is 1. The number of ether oxygens (including phenoxy) is 1. The van der Waals surface area contributed by atoms with Crippen LogP contribution in [0.5, 0.6) is 0 Å². The molecule has 5 heteroatoms. The SMILES string of the molecule is CCCCCCCCCCCCC(O)C1C(=O)CC(OC)C1(O)O. The Labute approximate surface area is 146 Å². The molecule has 0 aromatic heterocycles. The van der Waals surface area contributed by atoms with E-state index in [1.165, 1.54) is 52.1 Å². The topological polar surface area (TPSA) is 87.0 Å². The number of rotatable bonds is 13. The van der Waals surface area contributed by atoms with Crippen molar-refractivity contribution in [3.63, 3.8) is 0 Å². The van der Waals surface area contributed by atoms with Crippen LogP contribution in [0.4, 0.5) is 0 Å². The Morgan fingerprint density at radius 1 is 1.04 bits per heavy atom. The number of ketones is 1. The maximum atomic E-state index is 11.9. The van der Waals surface area contributed by atoms with E-state index in [0.29, 0.717) is 6.42 Å². The molecular formula is C19H36O5. The molecule has 3 atom stereocenters. The van der Waals surface area contributed by atoms with Gasteiger partial charge in [0.05, 0.1) is 12.0 Å². The van der Waals surface area contributed by atoms with Crippen LogP contribution >= 0.6 is 0 Å². The zero-order valence-corrected chi connectivity index (χ0v) is 15.4. The van der Waals surface area contributed by atoms with E-state index in [-0.39, 0.29) is 12.2 Å². The molecule has 0 spiro atoms. The first-order valence-corrected chi connectivity index (χ1v) is 9.63. The van der Waals surface area contributed by atoms with Crippen LogP contribution in [0.15, 0.2) is 0 Å². The molecule has 1 saturated carbocycles. The van der Waals surface area contributed by atoms with Gasteiger partial charge in [0, 0.05) is 13.5 Å². The molecule has 3 unspecified atom stereocenters. The number of Topliss-reactive ketones (excluding diaryl/α,β-unsaturated/α-hetero) is 1. The van der Waals surface area contributed by atoms with Crippen LogP contribution in [0.2, 0.25) is 0 Å². The highest BCUT2D eigenvalue weighted by molar-refractivity contribution is 5.86. The highest BCUT2D eigenvalue weighted by atomic mass is 16.6. The van der Waals surface area contributed by atoms with Crippen LogP contribution < -0.4 is 0 Å². The van der Waals surface area contributed by atoms with Crippen LogP contribution in [-0.4, -0.2) is 46.2 Å². The monoisotopic (exact) mass is 344 g/mol. The Hall–Kier alpha value is -0.490. The van der Waals surface area contributed by atoms with Crippen molar-refractivity contribution in [3.05, 3.63) is 0 Å². The molecule has 5 nitrogen and oxygen atoms in total. The summed E-state index contributed by atoms with van der Waals surface area (Å²) in [4.78, 5) is 11.9. The molecule has 3 N–H and O–H groups in total. The summed E-state index contributed by atoms with van der Waals surface area (Å²) in [7, 11) is 1.34. The lowest BCUT2D eigenvalue weighted by atomic mass is 9.90. The number of carbonyl (C=O) groups excluding carboxylic acids is 1. The second kappa shape index (κ2) is 11.2. The molecule has 1 aliphatic rings. The van der Waals surface area contributed by atoms with Crippen molar-refractivity contribution >= 4 is 5.78 Å². The Bertz CT molecular complexity index is 356.